The Hall–Kier alpha value is -2.12. The quantitative estimate of drug-likeness (QED) is 0.557. The van der Waals surface area contributed by atoms with Crippen molar-refractivity contribution in [2.75, 3.05) is 5.32 Å². The van der Waals surface area contributed by atoms with E-state index in [2.05, 4.69) is 26.2 Å². The number of fused-ring (bicyclic) bond motifs is 3. The van der Waals surface area contributed by atoms with Crippen LogP contribution in [0.3, 0.4) is 0 Å². The molecule has 0 radical (unpaired) electrons. The van der Waals surface area contributed by atoms with Crippen LogP contribution in [0.15, 0.2) is 27.5 Å². The van der Waals surface area contributed by atoms with Crippen LogP contribution in [0.1, 0.15) is 39.2 Å². The van der Waals surface area contributed by atoms with Gasteiger partial charge < -0.3 is 15.4 Å². The first-order chi connectivity index (χ1) is 12.5. The first-order valence-corrected chi connectivity index (χ1v) is 10.0. The van der Waals surface area contributed by atoms with Crippen LogP contribution in [-0.2, 0) is 12.8 Å². The fourth-order valence-electron chi connectivity index (χ4n) is 3.42. The predicted molar refractivity (Wildman–Crippen MR) is 108 cm³/mol. The molecule has 1 aliphatic carbocycles. The van der Waals surface area contributed by atoms with Crippen molar-refractivity contribution < 1.29 is 9.90 Å². The van der Waals surface area contributed by atoms with Gasteiger partial charge in [-0.05, 0) is 71.8 Å². The summed E-state index contributed by atoms with van der Waals surface area (Å²) in [5.74, 6) is -0.838. The van der Waals surface area contributed by atoms with Gasteiger partial charge in [-0.25, -0.2) is 0 Å². The number of thiophene rings is 1. The van der Waals surface area contributed by atoms with Crippen LogP contribution in [0, 0.1) is 6.92 Å². The zero-order chi connectivity index (χ0) is 18.4. The van der Waals surface area contributed by atoms with E-state index in [1.54, 1.807) is 6.07 Å². The third kappa shape index (κ3) is 2.85. The monoisotopic (exact) mass is 432 g/mol. The number of aromatic hydroxyl groups is 1. The van der Waals surface area contributed by atoms with Gasteiger partial charge in [0.25, 0.3) is 11.5 Å². The maximum absolute atomic E-state index is 12.7. The van der Waals surface area contributed by atoms with Crippen LogP contribution < -0.4 is 10.9 Å². The van der Waals surface area contributed by atoms with Gasteiger partial charge in [0.05, 0.1) is 11.1 Å². The Morgan fingerprint density at radius 1 is 1.31 bits per heavy atom. The number of benzene rings is 1. The van der Waals surface area contributed by atoms with E-state index in [0.717, 1.165) is 41.3 Å². The summed E-state index contributed by atoms with van der Waals surface area (Å²) in [7, 11) is 0. The average molecular weight is 433 g/mol. The second-order valence-electron chi connectivity index (χ2n) is 6.53. The number of aromatic amines is 1. The third-order valence-corrected chi connectivity index (χ3v) is 6.56. The van der Waals surface area contributed by atoms with Crippen molar-refractivity contribution in [3.8, 4) is 5.75 Å². The smallest absolute Gasteiger partial charge is 0.265 e. The number of H-pyrrole nitrogens is 1. The normalized spacial score (nSPS) is 13.6. The van der Waals surface area contributed by atoms with Gasteiger partial charge in [-0.1, -0.05) is 6.07 Å². The van der Waals surface area contributed by atoms with Crippen molar-refractivity contribution in [1.82, 2.24) is 4.98 Å². The Balaban J connectivity index is 1.80. The van der Waals surface area contributed by atoms with Gasteiger partial charge >= 0.3 is 0 Å². The number of hydrogen-bond acceptors (Lipinski definition) is 4. The molecule has 0 saturated heterocycles. The molecule has 3 aromatic rings. The van der Waals surface area contributed by atoms with E-state index in [4.69, 9.17) is 0 Å². The number of aromatic nitrogens is 1. The zero-order valence-corrected chi connectivity index (χ0v) is 16.5. The molecular weight excluding hydrogens is 416 g/mol. The van der Waals surface area contributed by atoms with Gasteiger partial charge in [0.1, 0.15) is 16.1 Å². The number of carbonyl (C=O) groups excluding carboxylic acids is 1. The molecule has 1 aliphatic rings. The topological polar surface area (TPSA) is 82.2 Å². The molecule has 0 atom stereocenters. The minimum Gasteiger partial charge on any atom is -0.506 e. The Kier molecular flexibility index (Phi) is 4.36. The van der Waals surface area contributed by atoms with E-state index in [1.165, 1.54) is 16.2 Å². The summed E-state index contributed by atoms with van der Waals surface area (Å²) in [5, 5.41) is 14.1. The summed E-state index contributed by atoms with van der Waals surface area (Å²) in [5.41, 5.74) is 1.84. The van der Waals surface area contributed by atoms with E-state index in [9.17, 15) is 14.7 Å². The van der Waals surface area contributed by atoms with Crippen molar-refractivity contribution in [2.24, 2.45) is 0 Å². The molecule has 5 nitrogen and oxygen atoms in total. The molecular formula is C19H17BrN2O3S. The molecule has 26 heavy (non-hydrogen) atoms. The second kappa shape index (κ2) is 6.55. The number of nitrogens with one attached hydrogen (secondary N) is 2. The highest BCUT2D eigenvalue weighted by Crippen LogP contribution is 2.40. The molecule has 0 unspecified atom stereocenters. The molecule has 2 heterocycles. The second-order valence-corrected chi connectivity index (χ2v) is 8.49. The molecule has 0 bridgehead atoms. The summed E-state index contributed by atoms with van der Waals surface area (Å²) in [6.07, 6.45) is 3.97. The highest BCUT2D eigenvalue weighted by molar-refractivity contribution is 9.10. The summed E-state index contributed by atoms with van der Waals surface area (Å²) in [6, 6.07) is 5.49. The van der Waals surface area contributed by atoms with Crippen LogP contribution >= 0.6 is 27.3 Å². The fourth-order valence-corrected chi connectivity index (χ4v) is 5.30. The SMILES string of the molecule is Cc1ccc(NC(=O)c2c(O)c3c4c(sc3[nH]c2=O)CCCC4)c(Br)c1. The Morgan fingerprint density at radius 3 is 2.85 bits per heavy atom. The van der Waals surface area contributed by atoms with Crippen LogP contribution in [-0.4, -0.2) is 16.0 Å². The first-order valence-electron chi connectivity index (χ1n) is 8.42. The fraction of sp³-hybridized carbons (Fsp3) is 0.263. The molecule has 0 fully saturated rings. The minimum absolute atomic E-state index is 0.219. The van der Waals surface area contributed by atoms with Crippen molar-refractivity contribution >= 4 is 49.1 Å². The number of hydrogen-bond donors (Lipinski definition) is 3. The van der Waals surface area contributed by atoms with Crippen LogP contribution in [0.4, 0.5) is 5.69 Å². The number of rotatable bonds is 2. The predicted octanol–water partition coefficient (Wildman–Crippen LogP) is 4.50. The van der Waals surface area contributed by atoms with Crippen molar-refractivity contribution in [2.45, 2.75) is 32.6 Å². The lowest BCUT2D eigenvalue weighted by molar-refractivity contribution is 0.102. The lowest BCUT2D eigenvalue weighted by Crippen LogP contribution is -2.23. The maximum atomic E-state index is 12.7. The maximum Gasteiger partial charge on any atom is 0.265 e. The largest absolute Gasteiger partial charge is 0.506 e. The van der Waals surface area contributed by atoms with E-state index in [-0.39, 0.29) is 11.3 Å². The number of pyridine rings is 1. The Bertz CT molecular complexity index is 1100. The van der Waals surface area contributed by atoms with Gasteiger partial charge in [0, 0.05) is 9.35 Å². The molecule has 1 aromatic carbocycles. The first kappa shape index (κ1) is 17.3. The standard InChI is InChI=1S/C19H17BrN2O3S/c1-9-6-7-12(11(20)8-9)21-17(24)15-16(23)14-10-4-2-3-5-13(10)26-19(14)22-18(15)25/h6-8H,2-5H2,1H3,(H,21,24)(H2,22,23,25). The van der Waals surface area contributed by atoms with Gasteiger partial charge in [-0.2, -0.15) is 0 Å². The van der Waals surface area contributed by atoms with Gasteiger partial charge in [-0.3, -0.25) is 9.59 Å². The summed E-state index contributed by atoms with van der Waals surface area (Å²) >= 11 is 4.91. The highest BCUT2D eigenvalue weighted by Gasteiger charge is 2.25. The molecule has 0 spiro atoms. The average Bonchev–Trinajstić information content (AvgIpc) is 2.95. The summed E-state index contributed by atoms with van der Waals surface area (Å²) in [4.78, 5) is 29.8. The third-order valence-electron chi connectivity index (χ3n) is 4.70. The van der Waals surface area contributed by atoms with E-state index >= 15 is 0 Å². The summed E-state index contributed by atoms with van der Waals surface area (Å²) in [6.45, 7) is 1.94. The van der Waals surface area contributed by atoms with Crippen molar-refractivity contribution in [3.05, 3.63) is 54.6 Å². The van der Waals surface area contributed by atoms with E-state index < -0.39 is 11.5 Å². The lowest BCUT2D eigenvalue weighted by Gasteiger charge is -2.12. The molecule has 1 amide bonds. The molecule has 0 saturated carbocycles. The van der Waals surface area contributed by atoms with Crippen LogP contribution in [0.25, 0.3) is 10.2 Å². The molecule has 2 aromatic heterocycles. The van der Waals surface area contributed by atoms with Gasteiger partial charge in [-0.15, -0.1) is 11.3 Å². The van der Waals surface area contributed by atoms with Gasteiger partial charge in [0.2, 0.25) is 0 Å². The Labute approximate surface area is 162 Å². The van der Waals surface area contributed by atoms with Gasteiger partial charge in [0.15, 0.2) is 0 Å². The highest BCUT2D eigenvalue weighted by atomic mass is 79.9. The minimum atomic E-state index is -0.619. The molecule has 4 rings (SSSR count). The van der Waals surface area contributed by atoms with Crippen LogP contribution in [0.2, 0.25) is 0 Å². The number of halogens is 1. The molecule has 134 valence electrons. The van der Waals surface area contributed by atoms with Crippen LogP contribution in [0.5, 0.6) is 5.75 Å². The van der Waals surface area contributed by atoms with Crippen molar-refractivity contribution in [3.63, 3.8) is 0 Å². The molecule has 7 heteroatoms. The van der Waals surface area contributed by atoms with E-state index in [0.29, 0.717) is 15.9 Å². The number of aryl methyl sites for hydroxylation is 3. The summed E-state index contributed by atoms with van der Waals surface area (Å²) < 4.78 is 0.718. The number of anilines is 1. The molecule has 0 aliphatic heterocycles. The molecule has 3 N–H and O–H groups in total. The Morgan fingerprint density at radius 2 is 2.08 bits per heavy atom. The lowest BCUT2D eigenvalue weighted by atomic mass is 9.96. The number of amides is 1. The zero-order valence-electron chi connectivity index (χ0n) is 14.1. The number of carbonyl (C=O) groups is 1. The van der Waals surface area contributed by atoms with E-state index in [1.807, 2.05) is 19.1 Å². The van der Waals surface area contributed by atoms with Crippen molar-refractivity contribution in [1.29, 1.82) is 0 Å².